The van der Waals surface area contributed by atoms with Gasteiger partial charge in [0.15, 0.2) is 34.2 Å². The number of aromatic amines is 1. The molecule has 0 spiro atoms. The van der Waals surface area contributed by atoms with Crippen LogP contribution in [0.25, 0.3) is 5.82 Å². The molecule has 0 aromatic carbocycles. The number of H-pyrrole nitrogens is 1. The Morgan fingerprint density at radius 1 is 0.903 bits per heavy atom. The summed E-state index contributed by atoms with van der Waals surface area (Å²) in [5, 5.41) is 24.1. The van der Waals surface area contributed by atoms with Gasteiger partial charge in [0.25, 0.3) is 0 Å². The lowest BCUT2D eigenvalue weighted by molar-refractivity contribution is 0.0999. The summed E-state index contributed by atoms with van der Waals surface area (Å²) < 4.78 is 25.4. The highest BCUT2D eigenvalue weighted by Crippen LogP contribution is 2.04. The number of aromatic nitrogens is 8. The van der Waals surface area contributed by atoms with E-state index in [-0.39, 0.29) is 23.1 Å². The monoisotopic (exact) mass is 448 g/mol. The minimum atomic E-state index is -0.451. The molecule has 160 valence electrons. The van der Waals surface area contributed by atoms with Crippen LogP contribution in [0.2, 0.25) is 5.15 Å². The fourth-order valence-corrected chi connectivity index (χ4v) is 1.90. The van der Waals surface area contributed by atoms with Crippen molar-refractivity contribution in [1.29, 1.82) is 0 Å². The van der Waals surface area contributed by atoms with Crippen molar-refractivity contribution in [2.75, 3.05) is 0 Å². The number of halogens is 3. The number of hydrogen-bond donors (Lipinski definition) is 1. The Bertz CT molecular complexity index is 1120. The molecule has 1 N–H and O–H groups in total. The van der Waals surface area contributed by atoms with Crippen molar-refractivity contribution in [3.8, 4) is 5.82 Å². The quantitative estimate of drug-likeness (QED) is 0.473. The number of carbonyl (C=O) groups excluding carboxylic acids is 2. The number of nitrogens with one attached hydrogen (secondary N) is 1. The lowest BCUT2D eigenvalue weighted by Gasteiger charge is -1.98. The van der Waals surface area contributed by atoms with E-state index in [2.05, 4.69) is 35.7 Å². The van der Waals surface area contributed by atoms with Crippen LogP contribution in [0.1, 0.15) is 34.8 Å². The predicted octanol–water partition coefficient (Wildman–Crippen LogP) is 2.89. The van der Waals surface area contributed by atoms with E-state index >= 15 is 0 Å². The predicted molar refractivity (Wildman–Crippen MR) is 105 cm³/mol. The summed E-state index contributed by atoms with van der Waals surface area (Å²) in [4.78, 5) is 21.5. The Labute approximate surface area is 179 Å². The second kappa shape index (κ2) is 11.3. The van der Waals surface area contributed by atoms with Gasteiger partial charge in [-0.1, -0.05) is 11.6 Å². The maximum absolute atomic E-state index is 12.6. The molecule has 4 rings (SSSR count). The minimum Gasteiger partial charge on any atom is -0.293 e. The van der Waals surface area contributed by atoms with E-state index in [4.69, 9.17) is 11.6 Å². The molecule has 4 aromatic rings. The first kappa shape index (κ1) is 23.3. The van der Waals surface area contributed by atoms with Gasteiger partial charge in [-0.15, -0.1) is 20.4 Å². The second-order valence-electron chi connectivity index (χ2n) is 5.65. The normalized spacial score (nSPS) is 9.71. The molecule has 0 saturated heterocycles. The van der Waals surface area contributed by atoms with Gasteiger partial charge in [-0.05, 0) is 24.3 Å². The van der Waals surface area contributed by atoms with E-state index in [1.54, 1.807) is 6.07 Å². The summed E-state index contributed by atoms with van der Waals surface area (Å²) in [5.74, 6) is -0.684. The molecule has 0 bridgehead atoms. The van der Waals surface area contributed by atoms with Crippen LogP contribution in [0.5, 0.6) is 0 Å². The van der Waals surface area contributed by atoms with Gasteiger partial charge < -0.3 is 0 Å². The summed E-state index contributed by atoms with van der Waals surface area (Å²) in [6.45, 7) is 2.83. The van der Waals surface area contributed by atoms with E-state index in [1.165, 1.54) is 49.1 Å². The maximum Gasteiger partial charge on any atom is 0.180 e. The third-order valence-electron chi connectivity index (χ3n) is 3.25. The lowest BCUT2D eigenvalue weighted by Crippen LogP contribution is -2.04. The van der Waals surface area contributed by atoms with Crippen LogP contribution in [-0.2, 0) is 0 Å². The van der Waals surface area contributed by atoms with E-state index in [9.17, 15) is 18.4 Å². The first-order valence-electron chi connectivity index (χ1n) is 8.46. The van der Waals surface area contributed by atoms with Crippen molar-refractivity contribution in [2.45, 2.75) is 13.8 Å². The zero-order valence-corrected chi connectivity index (χ0v) is 17.0. The van der Waals surface area contributed by atoms with Crippen LogP contribution in [0, 0.1) is 11.6 Å². The largest absolute Gasteiger partial charge is 0.293 e. The van der Waals surface area contributed by atoms with Crippen LogP contribution in [0.15, 0.2) is 49.1 Å². The summed E-state index contributed by atoms with van der Waals surface area (Å²) in [6, 6.07) is 6.14. The Kier molecular flexibility index (Phi) is 8.52. The fourth-order valence-electron chi connectivity index (χ4n) is 1.80. The van der Waals surface area contributed by atoms with Crippen LogP contribution in [-0.4, -0.2) is 51.9 Å². The molecular formula is C18H15ClF2N8O2. The molecule has 0 aliphatic rings. The van der Waals surface area contributed by atoms with Crippen molar-refractivity contribution < 1.29 is 18.4 Å². The van der Waals surface area contributed by atoms with Gasteiger partial charge in [-0.2, -0.15) is 10.2 Å². The number of ketones is 2. The Morgan fingerprint density at radius 3 is 1.90 bits per heavy atom. The maximum atomic E-state index is 12.6. The Morgan fingerprint density at radius 2 is 1.55 bits per heavy atom. The van der Waals surface area contributed by atoms with Crippen molar-refractivity contribution in [3.63, 3.8) is 0 Å². The summed E-state index contributed by atoms with van der Waals surface area (Å²) in [6.07, 6.45) is 4.54. The number of nitrogens with zero attached hydrogens (tertiary/aromatic N) is 7. The molecule has 31 heavy (non-hydrogen) atoms. The molecule has 10 nitrogen and oxygen atoms in total. The summed E-state index contributed by atoms with van der Waals surface area (Å²) in [7, 11) is 0. The summed E-state index contributed by atoms with van der Waals surface area (Å²) >= 11 is 5.43. The number of carbonyl (C=O) groups is 2. The average molecular weight is 449 g/mol. The Balaban J connectivity index is 0.000000183. The standard InChI is InChI=1S/C9H7FN4O.C6H5ClN2O.C3H3FN2/c1-6(15)8-2-3-9(13-12-8)14-5-7(10)4-11-14;1-4(10)5-2-3-6(7)9-8-5;4-3-1-5-6-2-3/h2-5H,1H3;2-3H,1H3;1-2H,(H,5,6). The van der Waals surface area contributed by atoms with E-state index in [0.29, 0.717) is 16.7 Å². The van der Waals surface area contributed by atoms with Gasteiger partial charge in [0.1, 0.15) is 11.4 Å². The molecule has 0 saturated carbocycles. The van der Waals surface area contributed by atoms with Gasteiger partial charge >= 0.3 is 0 Å². The molecule has 0 fully saturated rings. The SMILES string of the molecule is CC(=O)c1ccc(-n2cc(F)cn2)nn1.CC(=O)c1ccc(Cl)nn1.Fc1cn[nH]c1. The molecule has 0 aliphatic carbocycles. The molecule has 13 heteroatoms. The molecule has 0 atom stereocenters. The highest BCUT2D eigenvalue weighted by Gasteiger charge is 2.05. The zero-order valence-electron chi connectivity index (χ0n) is 16.2. The van der Waals surface area contributed by atoms with Crippen molar-refractivity contribution in [2.24, 2.45) is 0 Å². The molecule has 0 radical (unpaired) electrons. The smallest absolute Gasteiger partial charge is 0.180 e. The van der Waals surface area contributed by atoms with Gasteiger partial charge in [0.05, 0.1) is 24.8 Å². The first-order chi connectivity index (χ1) is 14.8. The van der Waals surface area contributed by atoms with Gasteiger partial charge in [-0.3, -0.25) is 14.7 Å². The van der Waals surface area contributed by atoms with Gasteiger partial charge in [-0.25, -0.2) is 13.5 Å². The van der Waals surface area contributed by atoms with Crippen LogP contribution in [0.3, 0.4) is 0 Å². The minimum absolute atomic E-state index is 0.107. The molecule has 4 aromatic heterocycles. The van der Waals surface area contributed by atoms with E-state index < -0.39 is 5.82 Å². The fraction of sp³-hybridized carbons (Fsp3) is 0.111. The van der Waals surface area contributed by atoms with E-state index in [1.807, 2.05) is 0 Å². The molecule has 0 aliphatic heterocycles. The topological polar surface area (TPSA) is 132 Å². The van der Waals surface area contributed by atoms with Gasteiger partial charge in [0.2, 0.25) is 0 Å². The third-order valence-corrected chi connectivity index (χ3v) is 3.46. The average Bonchev–Trinajstić information content (AvgIpc) is 3.40. The van der Waals surface area contributed by atoms with E-state index in [0.717, 1.165) is 12.4 Å². The van der Waals surface area contributed by atoms with Gasteiger partial charge in [0, 0.05) is 13.8 Å². The van der Waals surface area contributed by atoms with Crippen molar-refractivity contribution in [3.05, 3.63) is 77.2 Å². The van der Waals surface area contributed by atoms with Crippen molar-refractivity contribution in [1.82, 2.24) is 40.4 Å². The molecule has 0 amide bonds. The second-order valence-corrected chi connectivity index (χ2v) is 6.04. The zero-order chi connectivity index (χ0) is 22.8. The van der Waals surface area contributed by atoms with Crippen LogP contribution in [0.4, 0.5) is 8.78 Å². The molecule has 0 unspecified atom stereocenters. The van der Waals surface area contributed by atoms with Crippen LogP contribution < -0.4 is 0 Å². The number of rotatable bonds is 3. The molecule has 4 heterocycles. The third kappa shape index (κ3) is 7.78. The highest BCUT2D eigenvalue weighted by molar-refractivity contribution is 6.29. The lowest BCUT2D eigenvalue weighted by atomic mass is 10.3. The molecular weight excluding hydrogens is 434 g/mol. The van der Waals surface area contributed by atoms with Crippen molar-refractivity contribution >= 4 is 23.2 Å². The Hall–Kier alpha value is -3.93. The number of Topliss-reactive ketones (excluding diaryl/α,β-unsaturated/α-hetero) is 2. The number of hydrogen-bond acceptors (Lipinski definition) is 8. The summed E-state index contributed by atoms with van der Waals surface area (Å²) in [5.41, 5.74) is 0.607. The first-order valence-corrected chi connectivity index (χ1v) is 8.83. The van der Waals surface area contributed by atoms with Crippen LogP contribution >= 0.6 is 11.6 Å². The highest BCUT2D eigenvalue weighted by atomic mass is 35.5.